The van der Waals surface area contributed by atoms with Crippen LogP contribution in [0.4, 0.5) is 0 Å². The number of rotatable bonds is 4. The number of carbonyl (C=O) groups is 1. The number of carbonyl (C=O) groups excluding carboxylic acids is 1. The smallest absolute Gasteiger partial charge is 0.260 e. The minimum Gasteiger partial charge on any atom is -0.472 e. The molecular formula is C24H26N4O3. The van der Waals surface area contributed by atoms with E-state index in [1.165, 1.54) is 0 Å². The second-order valence-electron chi connectivity index (χ2n) is 8.39. The Bertz CT molecular complexity index is 1080. The zero-order chi connectivity index (χ0) is 21.4. The first-order valence-corrected chi connectivity index (χ1v) is 10.8. The number of nitrogens with zero attached hydrogens (tertiary/aromatic N) is 4. The van der Waals surface area contributed by atoms with E-state index in [4.69, 9.17) is 4.74 Å². The average Bonchev–Trinajstić information content (AvgIpc) is 3.31. The second kappa shape index (κ2) is 8.15. The minimum absolute atomic E-state index is 0.0550. The lowest BCUT2D eigenvalue weighted by molar-refractivity contribution is -0.0124. The van der Waals surface area contributed by atoms with E-state index in [2.05, 4.69) is 10.1 Å². The van der Waals surface area contributed by atoms with Crippen LogP contribution < -0.4 is 4.74 Å². The lowest BCUT2D eigenvalue weighted by atomic mass is 9.90. The predicted octanol–water partition coefficient (Wildman–Crippen LogP) is 3.26. The number of aromatic nitrogens is 3. The fourth-order valence-electron chi connectivity index (χ4n) is 4.54. The maximum Gasteiger partial charge on any atom is 0.260 e. The summed E-state index contributed by atoms with van der Waals surface area (Å²) in [6.07, 6.45) is 9.21. The van der Waals surface area contributed by atoms with Crippen LogP contribution in [-0.2, 0) is 6.42 Å². The van der Waals surface area contributed by atoms with Crippen LogP contribution in [0.1, 0.15) is 52.7 Å². The van der Waals surface area contributed by atoms with Gasteiger partial charge in [0, 0.05) is 18.6 Å². The molecule has 0 spiro atoms. The van der Waals surface area contributed by atoms with E-state index in [0.717, 1.165) is 48.2 Å². The molecule has 2 aromatic heterocycles. The van der Waals surface area contributed by atoms with Crippen molar-refractivity contribution in [1.82, 2.24) is 19.7 Å². The van der Waals surface area contributed by atoms with Crippen LogP contribution in [0.15, 0.2) is 48.9 Å². The van der Waals surface area contributed by atoms with Gasteiger partial charge in [-0.3, -0.25) is 9.69 Å². The Morgan fingerprint density at radius 2 is 2.10 bits per heavy atom. The number of amides is 1. The molecule has 1 fully saturated rings. The number of hydrogen-bond acceptors (Lipinski definition) is 5. The summed E-state index contributed by atoms with van der Waals surface area (Å²) >= 11 is 0. The molecule has 31 heavy (non-hydrogen) atoms. The van der Waals surface area contributed by atoms with Gasteiger partial charge >= 0.3 is 0 Å². The number of aliphatic hydroxyl groups is 1. The molecule has 1 aliphatic carbocycles. The molecule has 0 bridgehead atoms. The number of aryl methyl sites for hydroxylation is 1. The van der Waals surface area contributed by atoms with Crippen molar-refractivity contribution in [3.8, 4) is 11.6 Å². The highest BCUT2D eigenvalue weighted by Crippen LogP contribution is 2.33. The van der Waals surface area contributed by atoms with Crippen molar-refractivity contribution < 1.29 is 14.6 Å². The van der Waals surface area contributed by atoms with Crippen LogP contribution >= 0.6 is 0 Å². The molecule has 2 unspecified atom stereocenters. The van der Waals surface area contributed by atoms with E-state index < -0.39 is 6.10 Å². The summed E-state index contributed by atoms with van der Waals surface area (Å²) < 4.78 is 7.64. The number of aliphatic hydroxyl groups excluding tert-OH is 1. The first kappa shape index (κ1) is 19.8. The van der Waals surface area contributed by atoms with Crippen molar-refractivity contribution in [2.24, 2.45) is 0 Å². The summed E-state index contributed by atoms with van der Waals surface area (Å²) in [4.78, 5) is 19.5. The summed E-state index contributed by atoms with van der Waals surface area (Å²) in [5, 5.41) is 14.6. The Labute approximate surface area is 181 Å². The first-order valence-electron chi connectivity index (χ1n) is 10.8. The zero-order valence-electron chi connectivity index (χ0n) is 17.6. The standard InChI is InChI=1S/C24H26N4O3/c1-16-11-22-19(24(30)27(15-31-22)20-5-2-3-6-21(20)29)13-18(16)12-17-7-8-23(25-14-17)28-10-4-9-26-28/h4,7-11,13-14,20-21,29H,2-3,5-6,12,15H2,1H3. The minimum atomic E-state index is -0.479. The number of ether oxygens (including phenoxy) is 1. The van der Waals surface area contributed by atoms with Gasteiger partial charge in [-0.15, -0.1) is 0 Å². The van der Waals surface area contributed by atoms with Gasteiger partial charge in [0.25, 0.3) is 5.91 Å². The van der Waals surface area contributed by atoms with Crippen LogP contribution in [-0.4, -0.2) is 49.6 Å². The van der Waals surface area contributed by atoms with Gasteiger partial charge in [0.2, 0.25) is 0 Å². The quantitative estimate of drug-likeness (QED) is 0.703. The average molecular weight is 418 g/mol. The van der Waals surface area contributed by atoms with Gasteiger partial charge in [0.1, 0.15) is 5.75 Å². The second-order valence-corrected chi connectivity index (χ2v) is 8.39. The third-order valence-corrected chi connectivity index (χ3v) is 6.33. The Morgan fingerprint density at radius 3 is 2.84 bits per heavy atom. The number of benzene rings is 1. The van der Waals surface area contributed by atoms with Gasteiger partial charge < -0.3 is 9.84 Å². The first-order chi connectivity index (χ1) is 15.1. The summed E-state index contributed by atoms with van der Waals surface area (Å²) in [6, 6.07) is 9.56. The van der Waals surface area contributed by atoms with Gasteiger partial charge in [0.05, 0.1) is 17.7 Å². The highest BCUT2D eigenvalue weighted by Gasteiger charge is 2.36. The van der Waals surface area contributed by atoms with E-state index in [1.54, 1.807) is 15.8 Å². The molecule has 5 rings (SSSR count). The van der Waals surface area contributed by atoms with Gasteiger partial charge in [-0.05, 0) is 67.1 Å². The Hall–Kier alpha value is -3.19. The molecule has 1 aliphatic heterocycles. The summed E-state index contributed by atoms with van der Waals surface area (Å²) in [6.45, 7) is 2.23. The monoisotopic (exact) mass is 418 g/mol. The molecular weight excluding hydrogens is 392 g/mol. The molecule has 160 valence electrons. The highest BCUT2D eigenvalue weighted by molar-refractivity contribution is 5.98. The predicted molar refractivity (Wildman–Crippen MR) is 115 cm³/mol. The fourth-order valence-corrected chi connectivity index (χ4v) is 4.54. The number of pyridine rings is 1. The van der Waals surface area contributed by atoms with E-state index in [1.807, 2.05) is 49.6 Å². The lowest BCUT2D eigenvalue weighted by Gasteiger charge is -2.39. The van der Waals surface area contributed by atoms with Crippen LogP contribution in [0.25, 0.3) is 5.82 Å². The van der Waals surface area contributed by atoms with Crippen molar-refractivity contribution in [3.63, 3.8) is 0 Å². The van der Waals surface area contributed by atoms with Gasteiger partial charge in [0.15, 0.2) is 12.5 Å². The molecule has 3 aromatic rings. The largest absolute Gasteiger partial charge is 0.472 e. The molecule has 1 N–H and O–H groups in total. The molecule has 0 saturated heterocycles. The molecule has 7 heteroatoms. The Kier molecular flexibility index (Phi) is 5.19. The van der Waals surface area contributed by atoms with Gasteiger partial charge in [-0.2, -0.15) is 5.10 Å². The molecule has 0 radical (unpaired) electrons. The third kappa shape index (κ3) is 3.81. The van der Waals surface area contributed by atoms with Crippen LogP contribution in [0, 0.1) is 6.92 Å². The van der Waals surface area contributed by atoms with Gasteiger partial charge in [-0.25, -0.2) is 9.67 Å². The maximum atomic E-state index is 13.3. The number of fused-ring (bicyclic) bond motifs is 1. The number of hydrogen-bond donors (Lipinski definition) is 1. The lowest BCUT2D eigenvalue weighted by Crippen LogP contribution is -2.51. The van der Waals surface area contributed by atoms with Crippen molar-refractivity contribution in [3.05, 3.63) is 71.2 Å². The summed E-state index contributed by atoms with van der Waals surface area (Å²) in [7, 11) is 0. The van der Waals surface area contributed by atoms with Crippen molar-refractivity contribution in [2.45, 2.75) is 51.2 Å². The highest BCUT2D eigenvalue weighted by atomic mass is 16.5. The van der Waals surface area contributed by atoms with Crippen molar-refractivity contribution in [2.75, 3.05) is 6.73 Å². The van der Waals surface area contributed by atoms with Crippen LogP contribution in [0.5, 0.6) is 5.75 Å². The SMILES string of the molecule is Cc1cc2c(cc1Cc1ccc(-n3cccn3)nc1)C(=O)N(C1CCCCC1O)CO2. The topological polar surface area (TPSA) is 80.5 Å². The summed E-state index contributed by atoms with van der Waals surface area (Å²) in [5.74, 6) is 1.33. The van der Waals surface area contributed by atoms with E-state index in [-0.39, 0.29) is 18.7 Å². The zero-order valence-corrected chi connectivity index (χ0v) is 17.6. The normalized spacial score (nSPS) is 21.0. The molecule has 1 aromatic carbocycles. The van der Waals surface area contributed by atoms with E-state index in [9.17, 15) is 9.90 Å². The van der Waals surface area contributed by atoms with Crippen molar-refractivity contribution >= 4 is 5.91 Å². The van der Waals surface area contributed by atoms with Crippen molar-refractivity contribution in [1.29, 1.82) is 0 Å². The molecule has 2 atom stereocenters. The fraction of sp³-hybridized carbons (Fsp3) is 0.375. The van der Waals surface area contributed by atoms with Crippen LogP contribution in [0.2, 0.25) is 0 Å². The van der Waals surface area contributed by atoms with Crippen LogP contribution in [0.3, 0.4) is 0 Å². The molecule has 2 aliphatic rings. The Morgan fingerprint density at radius 1 is 1.23 bits per heavy atom. The van der Waals surface area contributed by atoms with E-state index in [0.29, 0.717) is 17.7 Å². The summed E-state index contributed by atoms with van der Waals surface area (Å²) in [5.41, 5.74) is 3.78. The van der Waals surface area contributed by atoms with E-state index >= 15 is 0 Å². The third-order valence-electron chi connectivity index (χ3n) is 6.33. The molecule has 1 amide bonds. The van der Waals surface area contributed by atoms with Gasteiger partial charge in [-0.1, -0.05) is 18.9 Å². The Balaban J connectivity index is 1.38. The maximum absolute atomic E-state index is 13.3. The molecule has 3 heterocycles. The molecule has 1 saturated carbocycles. The molecule has 7 nitrogen and oxygen atoms in total.